The van der Waals surface area contributed by atoms with E-state index in [0.717, 1.165) is 11.1 Å². The fourth-order valence-electron chi connectivity index (χ4n) is 3.88. The molecule has 1 aliphatic rings. The SMILES string of the molecule is CCOC(=O)c1nc2cc(C)c(C)cc2nc1N1CCN(C(=O)c2cccc(C#N)c2)CC1. The second kappa shape index (κ2) is 9.25. The smallest absolute Gasteiger partial charge is 0.360 e. The molecule has 3 aromatic rings. The van der Waals surface area contributed by atoms with E-state index in [9.17, 15) is 9.59 Å². The third-order valence-electron chi connectivity index (χ3n) is 5.84. The van der Waals surface area contributed by atoms with Crippen LogP contribution in [0.15, 0.2) is 36.4 Å². The van der Waals surface area contributed by atoms with Crippen molar-refractivity contribution in [2.75, 3.05) is 37.7 Å². The Morgan fingerprint density at radius 3 is 2.33 bits per heavy atom. The van der Waals surface area contributed by atoms with Gasteiger partial charge in [0, 0.05) is 31.7 Å². The molecule has 1 saturated heterocycles. The minimum absolute atomic E-state index is 0.118. The third-order valence-corrected chi connectivity index (χ3v) is 5.84. The Hall–Kier alpha value is -3.99. The van der Waals surface area contributed by atoms with Crippen LogP contribution in [0.5, 0.6) is 0 Å². The highest BCUT2D eigenvalue weighted by molar-refractivity contribution is 5.96. The zero-order valence-electron chi connectivity index (χ0n) is 19.0. The van der Waals surface area contributed by atoms with Gasteiger partial charge < -0.3 is 14.5 Å². The number of piperazine rings is 1. The molecule has 4 rings (SSSR count). The van der Waals surface area contributed by atoms with Crippen LogP contribution >= 0.6 is 0 Å². The van der Waals surface area contributed by atoms with Gasteiger partial charge in [0.25, 0.3) is 5.91 Å². The van der Waals surface area contributed by atoms with Gasteiger partial charge in [0.05, 0.1) is 29.3 Å². The molecule has 0 N–H and O–H groups in total. The zero-order chi connectivity index (χ0) is 23.5. The quantitative estimate of drug-likeness (QED) is 0.571. The number of aromatic nitrogens is 2. The number of hydrogen-bond donors (Lipinski definition) is 0. The number of nitrogens with zero attached hydrogens (tertiary/aromatic N) is 5. The number of nitriles is 1. The van der Waals surface area contributed by atoms with Crippen LogP contribution in [0.4, 0.5) is 5.82 Å². The van der Waals surface area contributed by atoms with Crippen LogP contribution in [0.3, 0.4) is 0 Å². The van der Waals surface area contributed by atoms with Crippen LogP contribution in [0, 0.1) is 25.2 Å². The number of carbonyl (C=O) groups is 2. The van der Waals surface area contributed by atoms with Crippen LogP contribution in [0.1, 0.15) is 44.5 Å². The second-order valence-electron chi connectivity index (χ2n) is 8.01. The Morgan fingerprint density at radius 2 is 1.70 bits per heavy atom. The molecule has 0 saturated carbocycles. The molecular formula is C25H25N5O3. The molecule has 0 radical (unpaired) electrons. The van der Waals surface area contributed by atoms with E-state index < -0.39 is 5.97 Å². The van der Waals surface area contributed by atoms with E-state index in [0.29, 0.717) is 54.2 Å². The van der Waals surface area contributed by atoms with Crippen molar-refractivity contribution in [2.24, 2.45) is 0 Å². The standard InChI is InChI=1S/C25H25N5O3/c1-4-33-25(32)22-23(28-21-13-17(3)16(2)12-20(21)27-22)29-8-10-30(11-9-29)24(31)19-7-5-6-18(14-19)15-26/h5-7,12-14H,4,8-11H2,1-3H3. The molecule has 8 heteroatoms. The van der Waals surface area contributed by atoms with Gasteiger partial charge in [-0.25, -0.2) is 14.8 Å². The number of carbonyl (C=O) groups excluding carboxylic acids is 2. The first kappa shape index (κ1) is 22.2. The summed E-state index contributed by atoms with van der Waals surface area (Å²) in [5.74, 6) is -0.150. The van der Waals surface area contributed by atoms with E-state index in [2.05, 4.69) is 11.1 Å². The number of aryl methyl sites for hydroxylation is 2. The molecule has 0 spiro atoms. The normalized spacial score (nSPS) is 13.6. The van der Waals surface area contributed by atoms with Crippen molar-refractivity contribution in [2.45, 2.75) is 20.8 Å². The number of amides is 1. The van der Waals surface area contributed by atoms with Crippen LogP contribution in [-0.4, -0.2) is 59.5 Å². The first-order chi connectivity index (χ1) is 15.9. The molecule has 0 unspecified atom stereocenters. The molecule has 0 aliphatic carbocycles. The van der Waals surface area contributed by atoms with Gasteiger partial charge in [0.2, 0.25) is 0 Å². The van der Waals surface area contributed by atoms with Crippen molar-refractivity contribution in [3.05, 3.63) is 64.3 Å². The predicted molar refractivity (Wildman–Crippen MR) is 124 cm³/mol. The predicted octanol–water partition coefficient (Wildman–Crippen LogP) is 3.26. The average Bonchev–Trinajstić information content (AvgIpc) is 2.84. The number of hydrogen-bond acceptors (Lipinski definition) is 7. The Labute approximate surface area is 192 Å². The maximum atomic E-state index is 12.9. The fourth-order valence-corrected chi connectivity index (χ4v) is 3.88. The Morgan fingerprint density at radius 1 is 1.03 bits per heavy atom. The topological polar surface area (TPSA) is 99.4 Å². The summed E-state index contributed by atoms with van der Waals surface area (Å²) < 4.78 is 5.24. The molecule has 2 aromatic carbocycles. The average molecular weight is 444 g/mol. The summed E-state index contributed by atoms with van der Waals surface area (Å²) in [7, 11) is 0. The van der Waals surface area contributed by atoms with Crippen molar-refractivity contribution in [3.63, 3.8) is 0 Å². The molecule has 1 aliphatic heterocycles. The molecule has 1 amide bonds. The largest absolute Gasteiger partial charge is 0.461 e. The van der Waals surface area contributed by atoms with Gasteiger partial charge in [-0.3, -0.25) is 4.79 Å². The lowest BCUT2D eigenvalue weighted by atomic mass is 10.1. The summed E-state index contributed by atoms with van der Waals surface area (Å²) in [6.45, 7) is 7.94. The minimum atomic E-state index is -0.507. The lowest BCUT2D eigenvalue weighted by Gasteiger charge is -2.36. The molecule has 1 fully saturated rings. The highest BCUT2D eigenvalue weighted by Crippen LogP contribution is 2.25. The van der Waals surface area contributed by atoms with Crippen LogP contribution < -0.4 is 4.90 Å². The van der Waals surface area contributed by atoms with Crippen molar-refractivity contribution in [3.8, 4) is 6.07 Å². The molecule has 0 atom stereocenters. The molecular weight excluding hydrogens is 418 g/mol. The molecule has 168 valence electrons. The van der Waals surface area contributed by atoms with Crippen LogP contribution in [-0.2, 0) is 4.74 Å². The second-order valence-corrected chi connectivity index (χ2v) is 8.01. The number of ether oxygens (including phenoxy) is 1. The minimum Gasteiger partial charge on any atom is -0.461 e. The maximum absolute atomic E-state index is 12.9. The lowest BCUT2D eigenvalue weighted by molar-refractivity contribution is 0.0519. The van der Waals surface area contributed by atoms with E-state index in [1.54, 1.807) is 36.1 Å². The van der Waals surface area contributed by atoms with Gasteiger partial charge in [0.1, 0.15) is 0 Å². The van der Waals surface area contributed by atoms with E-state index in [-0.39, 0.29) is 18.2 Å². The van der Waals surface area contributed by atoms with Gasteiger partial charge in [-0.1, -0.05) is 6.07 Å². The van der Waals surface area contributed by atoms with Gasteiger partial charge in [-0.15, -0.1) is 0 Å². The summed E-state index contributed by atoms with van der Waals surface area (Å²) in [6.07, 6.45) is 0. The zero-order valence-corrected chi connectivity index (χ0v) is 19.0. The number of esters is 1. The number of fused-ring (bicyclic) bond motifs is 1. The lowest BCUT2D eigenvalue weighted by Crippen LogP contribution is -2.49. The van der Waals surface area contributed by atoms with Crippen molar-refractivity contribution in [1.82, 2.24) is 14.9 Å². The fraction of sp³-hybridized carbons (Fsp3) is 0.320. The number of anilines is 1. The van der Waals surface area contributed by atoms with Gasteiger partial charge in [-0.2, -0.15) is 5.26 Å². The Balaban J connectivity index is 1.60. The summed E-state index contributed by atoms with van der Waals surface area (Å²) in [6, 6.07) is 12.7. The highest BCUT2D eigenvalue weighted by Gasteiger charge is 2.28. The van der Waals surface area contributed by atoms with Crippen molar-refractivity contribution < 1.29 is 14.3 Å². The van der Waals surface area contributed by atoms with Gasteiger partial charge in [0.15, 0.2) is 11.5 Å². The van der Waals surface area contributed by atoms with E-state index in [1.807, 2.05) is 30.9 Å². The molecule has 2 heterocycles. The highest BCUT2D eigenvalue weighted by atomic mass is 16.5. The molecule has 8 nitrogen and oxygen atoms in total. The summed E-state index contributed by atoms with van der Waals surface area (Å²) in [4.78, 5) is 38.7. The van der Waals surface area contributed by atoms with Crippen LogP contribution in [0.2, 0.25) is 0 Å². The van der Waals surface area contributed by atoms with E-state index >= 15 is 0 Å². The third kappa shape index (κ3) is 4.48. The summed E-state index contributed by atoms with van der Waals surface area (Å²) >= 11 is 0. The van der Waals surface area contributed by atoms with Crippen LogP contribution in [0.25, 0.3) is 11.0 Å². The van der Waals surface area contributed by atoms with Gasteiger partial charge >= 0.3 is 5.97 Å². The first-order valence-corrected chi connectivity index (χ1v) is 10.9. The first-order valence-electron chi connectivity index (χ1n) is 10.9. The van der Waals surface area contributed by atoms with Crippen molar-refractivity contribution >= 4 is 28.7 Å². The number of benzene rings is 2. The molecule has 0 bridgehead atoms. The monoisotopic (exact) mass is 443 g/mol. The summed E-state index contributed by atoms with van der Waals surface area (Å²) in [5, 5.41) is 9.10. The number of rotatable bonds is 4. The summed E-state index contributed by atoms with van der Waals surface area (Å²) in [5.41, 5.74) is 4.67. The van der Waals surface area contributed by atoms with E-state index in [1.165, 1.54) is 0 Å². The van der Waals surface area contributed by atoms with Crippen molar-refractivity contribution in [1.29, 1.82) is 5.26 Å². The molecule has 1 aromatic heterocycles. The Bertz CT molecular complexity index is 1270. The molecule has 33 heavy (non-hydrogen) atoms. The van der Waals surface area contributed by atoms with E-state index in [4.69, 9.17) is 15.0 Å². The maximum Gasteiger partial charge on any atom is 0.360 e. The van der Waals surface area contributed by atoms with Gasteiger partial charge in [-0.05, 0) is 62.2 Å². The Kier molecular flexibility index (Phi) is 6.22.